The van der Waals surface area contributed by atoms with Crippen LogP contribution in [0.3, 0.4) is 0 Å². The third-order valence-electron chi connectivity index (χ3n) is 3.99. The van der Waals surface area contributed by atoms with Crippen LogP contribution in [-0.4, -0.2) is 60.9 Å². The molecule has 0 radical (unpaired) electrons. The second-order valence-corrected chi connectivity index (χ2v) is 5.71. The molecule has 1 aliphatic heterocycles. The molecule has 24 heavy (non-hydrogen) atoms. The monoisotopic (exact) mass is 326 g/mol. The molecule has 126 valence electrons. The highest BCUT2D eigenvalue weighted by Crippen LogP contribution is 2.06. The van der Waals surface area contributed by atoms with Crippen LogP contribution in [-0.2, 0) is 9.59 Å². The fourth-order valence-corrected chi connectivity index (χ4v) is 2.57. The highest BCUT2D eigenvalue weighted by atomic mass is 16.2. The van der Waals surface area contributed by atoms with Gasteiger partial charge in [-0.1, -0.05) is 12.1 Å². The van der Waals surface area contributed by atoms with Crippen LogP contribution < -0.4 is 5.32 Å². The van der Waals surface area contributed by atoms with Crippen LogP contribution in [0.15, 0.2) is 30.3 Å². The van der Waals surface area contributed by atoms with Gasteiger partial charge in [-0.2, -0.15) is 5.26 Å². The highest BCUT2D eigenvalue weighted by molar-refractivity contribution is 5.91. The van der Waals surface area contributed by atoms with Crippen molar-refractivity contribution in [3.63, 3.8) is 0 Å². The normalized spacial score (nSPS) is 15.2. The third-order valence-corrected chi connectivity index (χ3v) is 3.99. The van der Waals surface area contributed by atoms with Gasteiger partial charge in [0.1, 0.15) is 0 Å². The summed E-state index contributed by atoms with van der Waals surface area (Å²) in [5.41, 5.74) is 1.40. The molecule has 0 aromatic heterocycles. The van der Waals surface area contributed by atoms with Crippen LogP contribution >= 0.6 is 0 Å². The minimum atomic E-state index is -0.153. The molecular formula is C18H22N4O2. The van der Waals surface area contributed by atoms with E-state index in [0.29, 0.717) is 12.1 Å². The van der Waals surface area contributed by atoms with E-state index in [1.54, 1.807) is 31.2 Å². The molecule has 6 nitrogen and oxygen atoms in total. The van der Waals surface area contributed by atoms with E-state index in [-0.39, 0.29) is 11.8 Å². The van der Waals surface area contributed by atoms with Crippen LogP contribution in [0.2, 0.25) is 0 Å². The number of rotatable bonds is 5. The van der Waals surface area contributed by atoms with Crippen molar-refractivity contribution in [3.05, 3.63) is 41.5 Å². The number of nitrogens with one attached hydrogen (secondary N) is 1. The summed E-state index contributed by atoms with van der Waals surface area (Å²) in [5.74, 6) is -0.0340. The van der Waals surface area contributed by atoms with Crippen LogP contribution in [0.1, 0.15) is 18.1 Å². The van der Waals surface area contributed by atoms with Crippen molar-refractivity contribution in [2.45, 2.75) is 6.92 Å². The molecule has 1 aromatic rings. The fourth-order valence-electron chi connectivity index (χ4n) is 2.57. The van der Waals surface area contributed by atoms with Gasteiger partial charge >= 0.3 is 0 Å². The Morgan fingerprint density at radius 3 is 2.71 bits per heavy atom. The quantitative estimate of drug-likeness (QED) is 0.814. The maximum absolute atomic E-state index is 11.8. The molecule has 1 aromatic carbocycles. The molecule has 0 unspecified atom stereocenters. The Balaban J connectivity index is 1.69. The molecule has 2 amide bonds. The van der Waals surface area contributed by atoms with Crippen LogP contribution in [0.4, 0.5) is 0 Å². The van der Waals surface area contributed by atoms with Gasteiger partial charge in [-0.3, -0.25) is 14.5 Å². The molecular weight excluding hydrogens is 304 g/mol. The summed E-state index contributed by atoms with van der Waals surface area (Å²) < 4.78 is 0. The number of hydrogen-bond donors (Lipinski definition) is 1. The first kappa shape index (κ1) is 17.7. The molecule has 0 spiro atoms. The summed E-state index contributed by atoms with van der Waals surface area (Å²) in [6, 6.07) is 9.17. The van der Waals surface area contributed by atoms with Gasteiger partial charge in [0, 0.05) is 52.3 Å². The van der Waals surface area contributed by atoms with E-state index in [1.165, 1.54) is 6.08 Å². The van der Waals surface area contributed by atoms with Gasteiger partial charge in [0.25, 0.3) is 0 Å². The molecule has 1 heterocycles. The summed E-state index contributed by atoms with van der Waals surface area (Å²) in [6.45, 7) is 6.11. The van der Waals surface area contributed by atoms with Gasteiger partial charge < -0.3 is 10.2 Å². The number of piperazine rings is 1. The number of nitrogens with zero attached hydrogens (tertiary/aromatic N) is 3. The minimum Gasteiger partial charge on any atom is -0.351 e. The van der Waals surface area contributed by atoms with Gasteiger partial charge in [0.05, 0.1) is 11.6 Å². The molecule has 0 atom stereocenters. The van der Waals surface area contributed by atoms with Crippen molar-refractivity contribution in [3.8, 4) is 6.07 Å². The Hall–Kier alpha value is -2.65. The average Bonchev–Trinajstić information content (AvgIpc) is 2.60. The highest BCUT2D eigenvalue weighted by Gasteiger charge is 2.17. The predicted molar refractivity (Wildman–Crippen MR) is 91.9 cm³/mol. The summed E-state index contributed by atoms with van der Waals surface area (Å²) in [6.07, 6.45) is 3.17. The lowest BCUT2D eigenvalue weighted by atomic mass is 10.1. The van der Waals surface area contributed by atoms with Gasteiger partial charge in [0.15, 0.2) is 0 Å². The second-order valence-electron chi connectivity index (χ2n) is 5.71. The lowest BCUT2D eigenvalue weighted by molar-refractivity contribution is -0.130. The zero-order valence-electron chi connectivity index (χ0n) is 13.9. The Bertz CT molecular complexity index is 655. The SMILES string of the molecule is CC(=O)N1CCN(CCNC(=O)C=Cc2cccc(C#N)c2)CC1. The van der Waals surface area contributed by atoms with Crippen LogP contribution in [0, 0.1) is 11.3 Å². The number of hydrogen-bond acceptors (Lipinski definition) is 4. The van der Waals surface area contributed by atoms with E-state index < -0.39 is 0 Å². The maximum Gasteiger partial charge on any atom is 0.244 e. The van der Waals surface area contributed by atoms with E-state index >= 15 is 0 Å². The van der Waals surface area contributed by atoms with E-state index in [1.807, 2.05) is 11.0 Å². The molecule has 1 N–H and O–H groups in total. The van der Waals surface area contributed by atoms with Crippen molar-refractivity contribution >= 4 is 17.9 Å². The topological polar surface area (TPSA) is 76.4 Å². The standard InChI is InChI=1S/C18H22N4O2/c1-15(23)22-11-9-21(10-12-22)8-7-20-18(24)6-5-16-3-2-4-17(13-16)14-19/h2-6,13H,7-12H2,1H3,(H,20,24). The lowest BCUT2D eigenvalue weighted by Crippen LogP contribution is -2.49. The van der Waals surface area contributed by atoms with Gasteiger partial charge in [-0.25, -0.2) is 0 Å². The Morgan fingerprint density at radius 2 is 2.04 bits per heavy atom. The molecule has 1 saturated heterocycles. The minimum absolute atomic E-state index is 0.119. The molecule has 2 rings (SSSR count). The molecule has 0 aliphatic carbocycles. The van der Waals surface area contributed by atoms with E-state index in [4.69, 9.17) is 5.26 Å². The summed E-state index contributed by atoms with van der Waals surface area (Å²) in [5, 5.41) is 11.7. The van der Waals surface area contributed by atoms with Crippen molar-refractivity contribution in [2.24, 2.45) is 0 Å². The zero-order chi connectivity index (χ0) is 17.4. The first-order valence-electron chi connectivity index (χ1n) is 8.02. The first-order valence-corrected chi connectivity index (χ1v) is 8.02. The molecule has 0 saturated carbocycles. The Kier molecular flexibility index (Phi) is 6.52. The largest absolute Gasteiger partial charge is 0.351 e. The Labute approximate surface area is 142 Å². The maximum atomic E-state index is 11.8. The smallest absolute Gasteiger partial charge is 0.244 e. The fraction of sp³-hybridized carbons (Fsp3) is 0.389. The molecule has 1 fully saturated rings. The molecule has 0 bridgehead atoms. The molecule has 6 heteroatoms. The Morgan fingerprint density at radius 1 is 1.29 bits per heavy atom. The number of carbonyl (C=O) groups is 2. The number of carbonyl (C=O) groups excluding carboxylic acids is 2. The summed E-state index contributed by atoms with van der Waals surface area (Å²) in [7, 11) is 0. The van der Waals surface area contributed by atoms with E-state index in [2.05, 4.69) is 16.3 Å². The van der Waals surface area contributed by atoms with E-state index in [9.17, 15) is 9.59 Å². The lowest BCUT2D eigenvalue weighted by Gasteiger charge is -2.34. The zero-order valence-corrected chi connectivity index (χ0v) is 13.9. The van der Waals surface area contributed by atoms with Gasteiger partial charge in [-0.15, -0.1) is 0 Å². The third kappa shape index (κ3) is 5.52. The second kappa shape index (κ2) is 8.85. The van der Waals surface area contributed by atoms with Crippen molar-refractivity contribution in [1.82, 2.24) is 15.1 Å². The summed E-state index contributed by atoms with van der Waals surface area (Å²) >= 11 is 0. The van der Waals surface area contributed by atoms with Crippen molar-refractivity contribution in [2.75, 3.05) is 39.3 Å². The van der Waals surface area contributed by atoms with Gasteiger partial charge in [-0.05, 0) is 23.8 Å². The van der Waals surface area contributed by atoms with Gasteiger partial charge in [0.2, 0.25) is 11.8 Å². The number of nitriles is 1. The van der Waals surface area contributed by atoms with E-state index in [0.717, 1.165) is 38.3 Å². The first-order chi connectivity index (χ1) is 11.6. The predicted octanol–water partition coefficient (Wildman–Crippen LogP) is 0.852. The average molecular weight is 326 g/mol. The number of amides is 2. The van der Waals surface area contributed by atoms with Crippen LogP contribution in [0.25, 0.3) is 6.08 Å². The van der Waals surface area contributed by atoms with Crippen molar-refractivity contribution < 1.29 is 9.59 Å². The summed E-state index contributed by atoms with van der Waals surface area (Å²) in [4.78, 5) is 27.2. The molecule has 1 aliphatic rings. The number of benzene rings is 1. The van der Waals surface area contributed by atoms with Crippen LogP contribution in [0.5, 0.6) is 0 Å². The van der Waals surface area contributed by atoms with Crippen molar-refractivity contribution in [1.29, 1.82) is 5.26 Å².